The zero-order valence-corrected chi connectivity index (χ0v) is 8.53. The van der Waals surface area contributed by atoms with Crippen molar-refractivity contribution in [2.75, 3.05) is 5.75 Å². The minimum atomic E-state index is 0.513. The van der Waals surface area contributed by atoms with Crippen molar-refractivity contribution in [2.24, 2.45) is 0 Å². The summed E-state index contributed by atoms with van der Waals surface area (Å²) in [6.45, 7) is 2.17. The molecule has 0 aromatic carbocycles. The number of hydrogen-bond donors (Lipinski definition) is 0. The fourth-order valence-electron chi connectivity index (χ4n) is 0.718. The third kappa shape index (κ3) is 2.99. The summed E-state index contributed by atoms with van der Waals surface area (Å²) in [6, 6.07) is 0. The van der Waals surface area contributed by atoms with Crippen LogP contribution >= 0.6 is 23.4 Å². The maximum Gasteiger partial charge on any atom is 0.161 e. The molecule has 0 N–H and O–H groups in total. The van der Waals surface area contributed by atoms with Crippen LogP contribution in [0.5, 0.6) is 0 Å². The summed E-state index contributed by atoms with van der Waals surface area (Å²) < 4.78 is 0. The van der Waals surface area contributed by atoms with Gasteiger partial charge in [-0.15, -0.1) is 11.8 Å². The van der Waals surface area contributed by atoms with Crippen LogP contribution in [-0.2, 0) is 0 Å². The molecule has 0 saturated carbocycles. The summed E-state index contributed by atoms with van der Waals surface area (Å²) in [5, 5.41) is 1.35. The van der Waals surface area contributed by atoms with E-state index in [2.05, 4.69) is 16.9 Å². The van der Waals surface area contributed by atoms with E-state index >= 15 is 0 Å². The highest BCUT2D eigenvalue weighted by Gasteiger charge is 2.00. The number of unbranched alkanes of at least 4 members (excludes halogenated alkanes) is 1. The van der Waals surface area contributed by atoms with Crippen LogP contribution < -0.4 is 0 Å². The predicted octanol–water partition coefficient (Wildman–Crippen LogP) is 3.02. The van der Waals surface area contributed by atoms with E-state index in [9.17, 15) is 0 Å². The molecule has 2 nitrogen and oxygen atoms in total. The first-order valence-corrected chi connectivity index (χ1v) is 5.30. The van der Waals surface area contributed by atoms with Gasteiger partial charge in [0.2, 0.25) is 0 Å². The van der Waals surface area contributed by atoms with Crippen molar-refractivity contribution in [3.05, 3.63) is 17.5 Å². The molecule has 1 heterocycles. The van der Waals surface area contributed by atoms with Gasteiger partial charge >= 0.3 is 0 Å². The minimum absolute atomic E-state index is 0.513. The molecule has 1 aromatic heterocycles. The average Bonchev–Trinajstić information content (AvgIpc) is 2.09. The molecule has 1 rings (SSSR count). The molecule has 0 aliphatic heterocycles. The number of rotatable bonds is 4. The summed E-state index contributed by atoms with van der Waals surface area (Å²) >= 11 is 7.47. The maximum atomic E-state index is 5.81. The second-order valence-corrected chi connectivity index (χ2v) is 3.80. The molecule has 66 valence electrons. The Morgan fingerprint density at radius 1 is 1.42 bits per heavy atom. The molecule has 0 aliphatic carbocycles. The molecular weight excluding hydrogens is 192 g/mol. The SMILES string of the molecule is CCCCSc1nccnc1Cl. The zero-order valence-electron chi connectivity index (χ0n) is 6.96. The molecule has 0 atom stereocenters. The smallest absolute Gasteiger partial charge is 0.161 e. The van der Waals surface area contributed by atoms with Crippen LogP contribution in [0, 0.1) is 0 Å². The first-order chi connectivity index (χ1) is 5.84. The Bertz CT molecular complexity index is 242. The molecule has 0 fully saturated rings. The van der Waals surface area contributed by atoms with Gasteiger partial charge in [-0.3, -0.25) is 0 Å². The van der Waals surface area contributed by atoms with Crippen LogP contribution in [-0.4, -0.2) is 15.7 Å². The van der Waals surface area contributed by atoms with E-state index in [-0.39, 0.29) is 0 Å². The summed E-state index contributed by atoms with van der Waals surface area (Å²) in [6.07, 6.45) is 5.66. The quantitative estimate of drug-likeness (QED) is 0.555. The highest BCUT2D eigenvalue weighted by molar-refractivity contribution is 7.99. The van der Waals surface area contributed by atoms with Gasteiger partial charge in [0, 0.05) is 12.4 Å². The van der Waals surface area contributed by atoms with Crippen LogP contribution in [0.25, 0.3) is 0 Å². The predicted molar refractivity (Wildman–Crippen MR) is 52.7 cm³/mol. The second-order valence-electron chi connectivity index (χ2n) is 2.35. The van der Waals surface area contributed by atoms with E-state index < -0.39 is 0 Å². The lowest BCUT2D eigenvalue weighted by Gasteiger charge is -1.99. The Labute approximate surface area is 81.8 Å². The molecule has 0 bridgehead atoms. The fourth-order valence-corrected chi connectivity index (χ4v) is 1.92. The number of nitrogens with zero attached hydrogens (tertiary/aromatic N) is 2. The van der Waals surface area contributed by atoms with Gasteiger partial charge in [-0.25, -0.2) is 9.97 Å². The largest absolute Gasteiger partial charge is 0.245 e. The Morgan fingerprint density at radius 3 is 2.83 bits per heavy atom. The van der Waals surface area contributed by atoms with Crippen LogP contribution in [0.2, 0.25) is 5.15 Å². The standard InChI is InChI=1S/C8H11ClN2S/c1-2-3-6-12-8-7(9)10-4-5-11-8/h4-5H,2-3,6H2,1H3. The lowest BCUT2D eigenvalue weighted by Crippen LogP contribution is -1.86. The van der Waals surface area contributed by atoms with Crippen LogP contribution in [0.1, 0.15) is 19.8 Å². The Balaban J connectivity index is 2.46. The van der Waals surface area contributed by atoms with E-state index in [1.54, 1.807) is 24.2 Å². The van der Waals surface area contributed by atoms with Gasteiger partial charge in [-0.05, 0) is 12.2 Å². The summed E-state index contributed by atoms with van der Waals surface area (Å²) in [4.78, 5) is 8.06. The first kappa shape index (κ1) is 9.81. The monoisotopic (exact) mass is 202 g/mol. The number of thioether (sulfide) groups is 1. The molecule has 0 spiro atoms. The maximum absolute atomic E-state index is 5.81. The average molecular weight is 203 g/mol. The molecular formula is C8H11ClN2S. The molecule has 0 unspecified atom stereocenters. The molecule has 0 saturated heterocycles. The minimum Gasteiger partial charge on any atom is -0.245 e. The zero-order chi connectivity index (χ0) is 8.81. The first-order valence-electron chi connectivity index (χ1n) is 3.94. The number of hydrogen-bond acceptors (Lipinski definition) is 3. The molecule has 0 aliphatic rings. The van der Waals surface area contributed by atoms with Gasteiger partial charge < -0.3 is 0 Å². The van der Waals surface area contributed by atoms with Crippen molar-refractivity contribution in [1.82, 2.24) is 9.97 Å². The van der Waals surface area contributed by atoms with Gasteiger partial charge in [0.05, 0.1) is 0 Å². The van der Waals surface area contributed by atoms with Crippen molar-refractivity contribution in [2.45, 2.75) is 24.8 Å². The lowest BCUT2D eigenvalue weighted by atomic mass is 10.4. The Kier molecular flexibility index (Phi) is 4.40. The van der Waals surface area contributed by atoms with E-state index in [1.807, 2.05) is 0 Å². The summed E-state index contributed by atoms with van der Waals surface area (Å²) in [5.41, 5.74) is 0. The lowest BCUT2D eigenvalue weighted by molar-refractivity contribution is 0.893. The molecule has 0 amide bonds. The fraction of sp³-hybridized carbons (Fsp3) is 0.500. The van der Waals surface area contributed by atoms with Crippen LogP contribution in [0.3, 0.4) is 0 Å². The summed E-state index contributed by atoms with van der Waals surface area (Å²) in [7, 11) is 0. The second kappa shape index (κ2) is 5.38. The van der Waals surface area contributed by atoms with Gasteiger partial charge in [0.25, 0.3) is 0 Å². The summed E-state index contributed by atoms with van der Waals surface area (Å²) in [5.74, 6) is 1.06. The molecule has 4 heteroatoms. The third-order valence-corrected chi connectivity index (χ3v) is 2.81. The van der Waals surface area contributed by atoms with Crippen molar-refractivity contribution in [3.63, 3.8) is 0 Å². The number of aromatic nitrogens is 2. The van der Waals surface area contributed by atoms with Crippen molar-refractivity contribution in [1.29, 1.82) is 0 Å². The van der Waals surface area contributed by atoms with E-state index in [0.717, 1.165) is 10.8 Å². The Morgan fingerprint density at radius 2 is 2.17 bits per heavy atom. The van der Waals surface area contributed by atoms with Gasteiger partial charge in [-0.2, -0.15) is 0 Å². The van der Waals surface area contributed by atoms with Gasteiger partial charge in [0.15, 0.2) is 5.15 Å². The topological polar surface area (TPSA) is 25.8 Å². The van der Waals surface area contributed by atoms with Gasteiger partial charge in [-0.1, -0.05) is 24.9 Å². The van der Waals surface area contributed by atoms with Crippen molar-refractivity contribution in [3.8, 4) is 0 Å². The van der Waals surface area contributed by atoms with Crippen LogP contribution in [0.15, 0.2) is 17.4 Å². The van der Waals surface area contributed by atoms with Crippen LogP contribution in [0.4, 0.5) is 0 Å². The van der Waals surface area contributed by atoms with Gasteiger partial charge in [0.1, 0.15) is 5.03 Å². The van der Waals surface area contributed by atoms with Crippen molar-refractivity contribution >= 4 is 23.4 Å². The van der Waals surface area contributed by atoms with Crippen molar-refractivity contribution < 1.29 is 0 Å². The highest BCUT2D eigenvalue weighted by Crippen LogP contribution is 2.22. The molecule has 1 aromatic rings. The number of halogens is 1. The van der Waals surface area contributed by atoms with E-state index in [4.69, 9.17) is 11.6 Å². The Hall–Kier alpha value is -0.280. The highest BCUT2D eigenvalue weighted by atomic mass is 35.5. The van der Waals surface area contributed by atoms with E-state index in [0.29, 0.717) is 5.15 Å². The third-order valence-electron chi connectivity index (χ3n) is 1.36. The molecule has 12 heavy (non-hydrogen) atoms. The molecule has 0 radical (unpaired) electrons. The van der Waals surface area contributed by atoms with E-state index in [1.165, 1.54) is 12.8 Å². The normalized spacial score (nSPS) is 10.2.